The second-order valence-corrected chi connectivity index (χ2v) is 9.16. The lowest BCUT2D eigenvalue weighted by molar-refractivity contribution is -0.137. The number of pyridine rings is 1. The number of amidine groups is 1. The summed E-state index contributed by atoms with van der Waals surface area (Å²) in [7, 11) is 1.40. The molecule has 13 heteroatoms. The predicted octanol–water partition coefficient (Wildman–Crippen LogP) is 4.41. The van der Waals surface area contributed by atoms with E-state index in [1.54, 1.807) is 12.3 Å². The zero-order valence-corrected chi connectivity index (χ0v) is 20.5. The molecule has 0 aliphatic heterocycles. The number of carbonyl (C=O) groups is 1. The SMILES string of the molecule is CN(N)/N=C(\N)c1ccc(-c2cc(COc3cc4c(cn3)C3CC3C4)c(F)cc2C(F)(F)F)c(F)c1.O=CO. The Kier molecular flexibility index (Phi) is 7.72. The molecular formula is C26H24F5N5O3. The van der Waals surface area contributed by atoms with Gasteiger partial charge in [0.15, 0.2) is 5.84 Å². The molecule has 1 saturated carbocycles. The molecule has 8 nitrogen and oxygen atoms in total. The largest absolute Gasteiger partial charge is 0.483 e. The van der Waals surface area contributed by atoms with Gasteiger partial charge in [-0.1, -0.05) is 12.1 Å². The Morgan fingerprint density at radius 1 is 1.21 bits per heavy atom. The highest BCUT2D eigenvalue weighted by Gasteiger charge is 2.45. The Hall–Kier alpha value is -4.26. The fraction of sp³-hybridized carbons (Fsp3) is 0.269. The molecule has 0 radical (unpaired) electrons. The molecule has 0 spiro atoms. The van der Waals surface area contributed by atoms with Crippen molar-refractivity contribution in [3.05, 3.63) is 82.0 Å². The van der Waals surface area contributed by atoms with E-state index in [9.17, 15) is 22.0 Å². The Morgan fingerprint density at radius 3 is 2.56 bits per heavy atom. The topological polar surface area (TPSA) is 127 Å². The van der Waals surface area contributed by atoms with Crippen LogP contribution < -0.4 is 16.3 Å². The molecule has 2 unspecified atom stereocenters. The number of hydrazone groups is 1. The molecule has 0 bridgehead atoms. The molecule has 1 fully saturated rings. The zero-order valence-electron chi connectivity index (χ0n) is 20.5. The number of ether oxygens (including phenoxy) is 1. The summed E-state index contributed by atoms with van der Waals surface area (Å²) in [4.78, 5) is 12.6. The number of hydrogen-bond donors (Lipinski definition) is 3. The van der Waals surface area contributed by atoms with E-state index >= 15 is 0 Å². The Morgan fingerprint density at radius 2 is 1.92 bits per heavy atom. The third kappa shape index (κ3) is 6.08. The number of rotatable bonds is 6. The molecule has 0 saturated heterocycles. The fourth-order valence-electron chi connectivity index (χ4n) is 4.67. The number of halogens is 5. The number of carboxylic acid groups (broad SMARTS) is 1. The van der Waals surface area contributed by atoms with Gasteiger partial charge in [-0.2, -0.15) is 13.2 Å². The van der Waals surface area contributed by atoms with Crippen LogP contribution in [0.1, 0.15) is 40.2 Å². The number of fused-ring (bicyclic) bond motifs is 3. The molecule has 2 aliphatic rings. The van der Waals surface area contributed by atoms with Crippen molar-refractivity contribution in [1.82, 2.24) is 10.1 Å². The highest BCUT2D eigenvalue weighted by Crippen LogP contribution is 2.56. The van der Waals surface area contributed by atoms with Gasteiger partial charge in [-0.05, 0) is 59.6 Å². The summed E-state index contributed by atoms with van der Waals surface area (Å²) in [5, 5.41) is 11.5. The maximum Gasteiger partial charge on any atom is 0.417 e. The molecule has 5 rings (SSSR count). The molecule has 2 aromatic carbocycles. The van der Waals surface area contributed by atoms with E-state index in [4.69, 9.17) is 26.2 Å². The van der Waals surface area contributed by atoms with Crippen LogP contribution in [0.3, 0.4) is 0 Å². The fourth-order valence-corrected chi connectivity index (χ4v) is 4.67. The molecular weight excluding hydrogens is 525 g/mol. The number of alkyl halides is 3. The van der Waals surface area contributed by atoms with Crippen LogP contribution in [-0.2, 0) is 24.0 Å². The summed E-state index contributed by atoms with van der Waals surface area (Å²) in [6, 6.07) is 6.46. The van der Waals surface area contributed by atoms with Gasteiger partial charge in [-0.3, -0.25) is 4.79 Å². The van der Waals surface area contributed by atoms with Gasteiger partial charge in [-0.15, -0.1) is 5.10 Å². The Balaban J connectivity index is 0.00000112. The first-order valence-corrected chi connectivity index (χ1v) is 11.6. The molecule has 5 N–H and O–H groups in total. The minimum atomic E-state index is -4.92. The standard InChI is InChI=1S/C25H22F5N5O.CH2O2/c1-35(32)34-24(31)12-2-3-16(22(27)7-12)18-6-15(21(26)9-20(18)25(28,29)30)11-36-23-8-14-4-13-5-17(13)19(14)10-33-23;2-1-3/h2-3,6-10,13,17H,4-5,11,32H2,1H3,(H2,31,34);1H,(H,2,3). The van der Waals surface area contributed by atoms with Crippen LogP contribution in [0.5, 0.6) is 5.88 Å². The van der Waals surface area contributed by atoms with Crippen molar-refractivity contribution >= 4 is 12.3 Å². The van der Waals surface area contributed by atoms with E-state index in [1.165, 1.54) is 18.7 Å². The molecule has 2 atom stereocenters. The molecule has 0 amide bonds. The second kappa shape index (κ2) is 10.8. The average Bonchev–Trinajstić information content (AvgIpc) is 3.53. The summed E-state index contributed by atoms with van der Waals surface area (Å²) < 4.78 is 76.6. The first-order chi connectivity index (χ1) is 18.4. The van der Waals surface area contributed by atoms with Gasteiger partial charge in [0.25, 0.3) is 6.47 Å². The van der Waals surface area contributed by atoms with Crippen LogP contribution in [-0.4, -0.2) is 34.6 Å². The maximum absolute atomic E-state index is 15.0. The number of nitrogens with two attached hydrogens (primary N) is 2. The number of benzene rings is 2. The van der Waals surface area contributed by atoms with Crippen molar-refractivity contribution in [2.45, 2.75) is 31.5 Å². The number of hydrogen-bond acceptors (Lipinski definition) is 6. The summed E-state index contributed by atoms with van der Waals surface area (Å²) in [6.07, 6.45) is -1.09. The van der Waals surface area contributed by atoms with Crippen molar-refractivity contribution in [3.8, 4) is 17.0 Å². The summed E-state index contributed by atoms with van der Waals surface area (Å²) in [6.45, 7) is -0.627. The number of nitrogens with zero attached hydrogens (tertiary/aromatic N) is 3. The van der Waals surface area contributed by atoms with Gasteiger partial charge in [0.2, 0.25) is 5.88 Å². The van der Waals surface area contributed by atoms with E-state index in [2.05, 4.69) is 10.1 Å². The van der Waals surface area contributed by atoms with Gasteiger partial charge in [0, 0.05) is 36.0 Å². The lowest BCUT2D eigenvalue weighted by atomic mass is 9.95. The van der Waals surface area contributed by atoms with E-state index in [1.807, 2.05) is 0 Å². The van der Waals surface area contributed by atoms with Crippen molar-refractivity contribution in [1.29, 1.82) is 0 Å². The first-order valence-electron chi connectivity index (χ1n) is 11.6. The molecule has 2 aliphatic carbocycles. The highest BCUT2D eigenvalue weighted by atomic mass is 19.4. The summed E-state index contributed by atoms with van der Waals surface area (Å²) in [5.41, 5.74) is 5.79. The van der Waals surface area contributed by atoms with Crippen LogP contribution in [0.2, 0.25) is 0 Å². The monoisotopic (exact) mass is 549 g/mol. The highest BCUT2D eigenvalue weighted by molar-refractivity contribution is 5.97. The number of hydrazine groups is 1. The normalized spacial score (nSPS) is 17.5. The maximum atomic E-state index is 15.0. The van der Waals surface area contributed by atoms with Gasteiger partial charge in [0.05, 0.1) is 5.56 Å². The van der Waals surface area contributed by atoms with Crippen LogP contribution >= 0.6 is 0 Å². The minimum absolute atomic E-state index is 0.119. The molecule has 1 aromatic heterocycles. The minimum Gasteiger partial charge on any atom is -0.483 e. The quantitative estimate of drug-likeness (QED) is 0.104. The first kappa shape index (κ1) is 27.8. The van der Waals surface area contributed by atoms with Gasteiger partial charge < -0.3 is 15.6 Å². The van der Waals surface area contributed by atoms with Crippen molar-refractivity contribution in [2.24, 2.45) is 22.6 Å². The molecule has 206 valence electrons. The third-order valence-corrected chi connectivity index (χ3v) is 6.49. The van der Waals surface area contributed by atoms with Crippen LogP contribution in [0, 0.1) is 17.6 Å². The predicted molar refractivity (Wildman–Crippen MR) is 131 cm³/mol. The molecule has 3 aromatic rings. The van der Waals surface area contributed by atoms with Crippen molar-refractivity contribution < 1.29 is 36.6 Å². The Labute approximate surface area is 219 Å². The number of aromatic nitrogens is 1. The second-order valence-electron chi connectivity index (χ2n) is 9.16. The van der Waals surface area contributed by atoms with E-state index < -0.39 is 28.9 Å². The van der Waals surface area contributed by atoms with Gasteiger partial charge in [0.1, 0.15) is 18.2 Å². The smallest absolute Gasteiger partial charge is 0.417 e. The van der Waals surface area contributed by atoms with E-state index in [-0.39, 0.29) is 41.5 Å². The summed E-state index contributed by atoms with van der Waals surface area (Å²) >= 11 is 0. The van der Waals surface area contributed by atoms with Crippen molar-refractivity contribution in [3.63, 3.8) is 0 Å². The zero-order chi connectivity index (χ0) is 28.5. The average molecular weight is 550 g/mol. The van der Waals surface area contributed by atoms with Gasteiger partial charge in [-0.25, -0.2) is 24.7 Å². The Bertz CT molecular complexity index is 1430. The van der Waals surface area contributed by atoms with Crippen LogP contribution in [0.25, 0.3) is 11.1 Å². The van der Waals surface area contributed by atoms with Crippen molar-refractivity contribution in [2.75, 3.05) is 7.05 Å². The summed E-state index contributed by atoms with van der Waals surface area (Å²) in [5.74, 6) is 4.60. The van der Waals surface area contributed by atoms with E-state index in [0.29, 0.717) is 17.9 Å². The van der Waals surface area contributed by atoms with Crippen LogP contribution in [0.15, 0.2) is 47.7 Å². The van der Waals surface area contributed by atoms with E-state index in [0.717, 1.165) is 41.7 Å². The lowest BCUT2D eigenvalue weighted by Gasteiger charge is -2.17. The lowest BCUT2D eigenvalue weighted by Crippen LogP contribution is -2.25. The van der Waals surface area contributed by atoms with Gasteiger partial charge >= 0.3 is 6.18 Å². The molecule has 1 heterocycles. The third-order valence-electron chi connectivity index (χ3n) is 6.49. The van der Waals surface area contributed by atoms with Crippen LogP contribution in [0.4, 0.5) is 22.0 Å². The molecule has 39 heavy (non-hydrogen) atoms.